The number of benzene rings is 2. The zero-order valence-corrected chi connectivity index (χ0v) is 12.8. The quantitative estimate of drug-likeness (QED) is 0.846. The van der Waals surface area contributed by atoms with Gasteiger partial charge in [0, 0.05) is 15.5 Å². The van der Waals surface area contributed by atoms with Crippen LogP contribution < -0.4 is 5.32 Å². The summed E-state index contributed by atoms with van der Waals surface area (Å²) in [6, 6.07) is 12.9. The Labute approximate surface area is 125 Å². The van der Waals surface area contributed by atoms with Crippen molar-refractivity contribution in [1.29, 1.82) is 0 Å². The first kappa shape index (κ1) is 14.5. The van der Waals surface area contributed by atoms with Gasteiger partial charge in [0.25, 0.3) is 0 Å². The summed E-state index contributed by atoms with van der Waals surface area (Å²) in [4.78, 5) is 0. The number of nitrogens with one attached hydrogen (secondary N) is 1. The van der Waals surface area contributed by atoms with Gasteiger partial charge in [-0.3, -0.25) is 0 Å². The van der Waals surface area contributed by atoms with Crippen molar-refractivity contribution in [3.63, 3.8) is 0 Å². The van der Waals surface area contributed by atoms with E-state index < -0.39 is 0 Å². The third kappa shape index (κ3) is 3.78. The molecule has 0 aliphatic heterocycles. The van der Waals surface area contributed by atoms with Gasteiger partial charge < -0.3 is 5.32 Å². The van der Waals surface area contributed by atoms with E-state index in [1.807, 2.05) is 31.3 Å². The lowest BCUT2D eigenvalue weighted by Gasteiger charge is -2.17. The fourth-order valence-electron chi connectivity index (χ4n) is 1.99. The van der Waals surface area contributed by atoms with Crippen LogP contribution in [0.2, 0.25) is 5.02 Å². The van der Waals surface area contributed by atoms with Crippen LogP contribution >= 0.6 is 27.5 Å². The standard InChI is InChI=1S/C15H14BrClFN/c1-19-15(10-2-5-12(16)6-3-10)8-11-4-7-13(17)9-14(11)18/h2-7,9,15,19H,8H2,1H3. The van der Waals surface area contributed by atoms with Gasteiger partial charge in [0.05, 0.1) is 0 Å². The van der Waals surface area contributed by atoms with Gasteiger partial charge in [0.15, 0.2) is 0 Å². The van der Waals surface area contributed by atoms with Crippen molar-refractivity contribution < 1.29 is 4.39 Å². The van der Waals surface area contributed by atoms with Crippen LogP contribution in [0.4, 0.5) is 4.39 Å². The predicted molar refractivity (Wildman–Crippen MR) is 81.1 cm³/mol. The molecule has 4 heteroatoms. The van der Waals surface area contributed by atoms with Crippen molar-refractivity contribution in [2.45, 2.75) is 12.5 Å². The molecule has 0 amide bonds. The van der Waals surface area contributed by atoms with Crippen molar-refractivity contribution in [3.05, 3.63) is 68.9 Å². The first-order valence-corrected chi connectivity index (χ1v) is 7.14. The van der Waals surface area contributed by atoms with Gasteiger partial charge in [-0.1, -0.05) is 45.7 Å². The molecule has 0 aliphatic rings. The maximum absolute atomic E-state index is 13.8. The summed E-state index contributed by atoms with van der Waals surface area (Å²) in [6.45, 7) is 0. The molecule has 0 bridgehead atoms. The minimum absolute atomic E-state index is 0.0729. The lowest BCUT2D eigenvalue weighted by atomic mass is 9.99. The van der Waals surface area contributed by atoms with E-state index in [1.165, 1.54) is 6.07 Å². The highest BCUT2D eigenvalue weighted by Crippen LogP contribution is 2.23. The van der Waals surface area contributed by atoms with Crippen molar-refractivity contribution in [3.8, 4) is 0 Å². The zero-order valence-electron chi connectivity index (χ0n) is 10.5. The van der Waals surface area contributed by atoms with E-state index in [2.05, 4.69) is 21.2 Å². The van der Waals surface area contributed by atoms with Gasteiger partial charge >= 0.3 is 0 Å². The first-order valence-electron chi connectivity index (χ1n) is 5.97. The summed E-state index contributed by atoms with van der Waals surface area (Å²) in [5.74, 6) is -0.259. The van der Waals surface area contributed by atoms with Crippen LogP contribution in [0.15, 0.2) is 46.9 Å². The minimum Gasteiger partial charge on any atom is -0.313 e. The Balaban J connectivity index is 2.21. The van der Waals surface area contributed by atoms with Crippen molar-refractivity contribution in [2.24, 2.45) is 0 Å². The fourth-order valence-corrected chi connectivity index (χ4v) is 2.41. The molecule has 1 unspecified atom stereocenters. The number of hydrogen-bond donors (Lipinski definition) is 1. The number of likely N-dealkylation sites (N-methyl/N-ethyl adjacent to an activating group) is 1. The van der Waals surface area contributed by atoms with Gasteiger partial charge in [-0.25, -0.2) is 4.39 Å². The van der Waals surface area contributed by atoms with Gasteiger partial charge in [0.2, 0.25) is 0 Å². The van der Waals surface area contributed by atoms with E-state index in [-0.39, 0.29) is 11.9 Å². The lowest BCUT2D eigenvalue weighted by molar-refractivity contribution is 0.554. The third-order valence-electron chi connectivity index (χ3n) is 3.06. The van der Waals surface area contributed by atoms with E-state index in [1.54, 1.807) is 12.1 Å². The van der Waals surface area contributed by atoms with E-state index in [0.717, 1.165) is 10.0 Å². The monoisotopic (exact) mass is 341 g/mol. The van der Waals surface area contributed by atoms with Crippen molar-refractivity contribution in [1.82, 2.24) is 5.32 Å². The molecule has 1 atom stereocenters. The van der Waals surface area contributed by atoms with Crippen LogP contribution in [0.25, 0.3) is 0 Å². The Morgan fingerprint density at radius 3 is 2.47 bits per heavy atom. The fraction of sp³-hybridized carbons (Fsp3) is 0.200. The molecule has 0 saturated heterocycles. The zero-order chi connectivity index (χ0) is 13.8. The third-order valence-corrected chi connectivity index (χ3v) is 3.82. The van der Waals surface area contributed by atoms with Gasteiger partial charge in [-0.05, 0) is 48.9 Å². The molecule has 2 rings (SSSR count). The van der Waals surface area contributed by atoms with E-state index in [0.29, 0.717) is 17.0 Å². The molecule has 2 aromatic carbocycles. The largest absolute Gasteiger partial charge is 0.313 e. The summed E-state index contributed by atoms with van der Waals surface area (Å²) in [5, 5.41) is 3.64. The highest BCUT2D eigenvalue weighted by molar-refractivity contribution is 9.10. The Morgan fingerprint density at radius 2 is 1.89 bits per heavy atom. The molecule has 0 spiro atoms. The molecule has 100 valence electrons. The van der Waals surface area contributed by atoms with Crippen LogP contribution in [0, 0.1) is 5.82 Å². The molecule has 0 heterocycles. The number of rotatable bonds is 4. The van der Waals surface area contributed by atoms with Gasteiger partial charge in [-0.2, -0.15) is 0 Å². The Morgan fingerprint density at radius 1 is 1.21 bits per heavy atom. The van der Waals surface area contributed by atoms with Crippen LogP contribution in [0.3, 0.4) is 0 Å². The smallest absolute Gasteiger partial charge is 0.127 e. The number of halogens is 3. The maximum atomic E-state index is 13.8. The highest BCUT2D eigenvalue weighted by Gasteiger charge is 2.13. The lowest BCUT2D eigenvalue weighted by Crippen LogP contribution is -2.19. The molecule has 0 fully saturated rings. The molecule has 0 saturated carbocycles. The molecule has 1 N–H and O–H groups in total. The first-order chi connectivity index (χ1) is 9.10. The van der Waals surface area contributed by atoms with Crippen LogP contribution in [-0.2, 0) is 6.42 Å². The molecule has 1 nitrogen and oxygen atoms in total. The molecule has 0 aliphatic carbocycles. The average molecular weight is 343 g/mol. The molecule has 19 heavy (non-hydrogen) atoms. The van der Waals surface area contributed by atoms with Crippen LogP contribution in [-0.4, -0.2) is 7.05 Å². The second-order valence-corrected chi connectivity index (χ2v) is 5.68. The molecule has 0 radical (unpaired) electrons. The minimum atomic E-state index is -0.259. The Kier molecular flexibility index (Phi) is 4.97. The predicted octanol–water partition coefficient (Wildman–Crippen LogP) is 4.74. The van der Waals surface area contributed by atoms with E-state index in [4.69, 9.17) is 11.6 Å². The maximum Gasteiger partial charge on any atom is 0.127 e. The summed E-state index contributed by atoms with van der Waals surface area (Å²) in [6.07, 6.45) is 0.584. The van der Waals surface area contributed by atoms with Gasteiger partial charge in [0.1, 0.15) is 5.82 Å². The Bertz CT molecular complexity index is 557. The van der Waals surface area contributed by atoms with E-state index >= 15 is 0 Å². The summed E-state index contributed by atoms with van der Waals surface area (Å²) in [7, 11) is 1.88. The summed E-state index contributed by atoms with van der Waals surface area (Å²) >= 11 is 9.17. The second-order valence-electron chi connectivity index (χ2n) is 4.33. The second kappa shape index (κ2) is 6.51. The van der Waals surface area contributed by atoms with Crippen molar-refractivity contribution in [2.75, 3.05) is 7.05 Å². The molecule has 2 aromatic rings. The summed E-state index contributed by atoms with van der Waals surface area (Å²) < 4.78 is 14.8. The number of hydrogen-bond acceptors (Lipinski definition) is 1. The van der Waals surface area contributed by atoms with Crippen LogP contribution in [0.5, 0.6) is 0 Å². The normalized spacial score (nSPS) is 12.4. The van der Waals surface area contributed by atoms with Gasteiger partial charge in [-0.15, -0.1) is 0 Å². The molecular weight excluding hydrogens is 329 g/mol. The molecule has 0 aromatic heterocycles. The highest BCUT2D eigenvalue weighted by atomic mass is 79.9. The topological polar surface area (TPSA) is 12.0 Å². The Hall–Kier alpha value is -0.900. The molecular formula is C15H14BrClFN. The van der Waals surface area contributed by atoms with E-state index in [9.17, 15) is 4.39 Å². The van der Waals surface area contributed by atoms with Crippen molar-refractivity contribution >= 4 is 27.5 Å². The summed E-state index contributed by atoms with van der Waals surface area (Å²) in [5.41, 5.74) is 1.78. The van der Waals surface area contributed by atoms with Crippen LogP contribution in [0.1, 0.15) is 17.2 Å². The SMILES string of the molecule is CNC(Cc1ccc(Cl)cc1F)c1ccc(Br)cc1. The average Bonchev–Trinajstić information content (AvgIpc) is 2.39.